The molecular formula is C27H34N2O3. The summed E-state index contributed by atoms with van der Waals surface area (Å²) in [6.45, 7) is 5.05. The molecule has 0 fully saturated rings. The smallest absolute Gasteiger partial charge is 0.120 e. The van der Waals surface area contributed by atoms with E-state index >= 15 is 0 Å². The molecule has 0 heterocycles. The van der Waals surface area contributed by atoms with Crippen LogP contribution >= 0.6 is 0 Å². The number of rotatable bonds is 11. The van der Waals surface area contributed by atoms with Gasteiger partial charge in [-0.15, -0.1) is 0 Å². The maximum absolute atomic E-state index is 10.7. The van der Waals surface area contributed by atoms with Crippen LogP contribution in [0.3, 0.4) is 0 Å². The number of aliphatic hydroxyl groups excluding tert-OH is 1. The van der Waals surface area contributed by atoms with Gasteiger partial charge in [0.05, 0.1) is 13.2 Å². The van der Waals surface area contributed by atoms with Crippen LogP contribution in [-0.2, 0) is 18.6 Å². The van der Waals surface area contributed by atoms with Gasteiger partial charge >= 0.3 is 0 Å². The van der Waals surface area contributed by atoms with E-state index in [4.69, 9.17) is 15.2 Å². The number of aliphatic hydroxyl groups is 1. The van der Waals surface area contributed by atoms with E-state index in [9.17, 15) is 5.11 Å². The lowest BCUT2D eigenvalue weighted by Crippen LogP contribution is -2.48. The Morgan fingerprint density at radius 1 is 0.906 bits per heavy atom. The summed E-state index contributed by atoms with van der Waals surface area (Å²) in [6.07, 6.45) is -0.126. The summed E-state index contributed by atoms with van der Waals surface area (Å²) < 4.78 is 11.2. The second-order valence-corrected chi connectivity index (χ2v) is 8.59. The van der Waals surface area contributed by atoms with Gasteiger partial charge in [-0.05, 0) is 61.2 Å². The van der Waals surface area contributed by atoms with Gasteiger partial charge < -0.3 is 25.6 Å². The van der Waals surface area contributed by atoms with Crippen molar-refractivity contribution in [2.24, 2.45) is 5.73 Å². The lowest BCUT2D eigenvalue weighted by Gasteiger charge is -2.30. The molecule has 0 saturated carbocycles. The number of ether oxygens (including phenoxy) is 2. The molecule has 32 heavy (non-hydrogen) atoms. The van der Waals surface area contributed by atoms with Crippen molar-refractivity contribution in [2.75, 3.05) is 13.7 Å². The fourth-order valence-electron chi connectivity index (χ4n) is 3.54. The Morgan fingerprint density at radius 2 is 1.59 bits per heavy atom. The summed E-state index contributed by atoms with van der Waals surface area (Å²) in [7, 11) is 1.66. The first-order valence-corrected chi connectivity index (χ1v) is 11.0. The Hall–Kier alpha value is -2.86. The van der Waals surface area contributed by atoms with Crippen molar-refractivity contribution in [1.29, 1.82) is 0 Å². The fraction of sp³-hybridized carbons (Fsp3) is 0.333. The van der Waals surface area contributed by atoms with E-state index in [1.807, 2.05) is 78.9 Å². The minimum Gasteiger partial charge on any atom is -0.497 e. The first kappa shape index (κ1) is 23.8. The van der Waals surface area contributed by atoms with Gasteiger partial charge in [0, 0.05) is 18.1 Å². The highest BCUT2D eigenvalue weighted by atomic mass is 16.5. The maximum atomic E-state index is 10.7. The van der Waals surface area contributed by atoms with Crippen LogP contribution in [0.15, 0.2) is 78.9 Å². The van der Waals surface area contributed by atoms with E-state index in [1.165, 1.54) is 0 Å². The third kappa shape index (κ3) is 6.82. The fourth-order valence-corrected chi connectivity index (χ4v) is 3.54. The molecule has 0 spiro atoms. The van der Waals surface area contributed by atoms with Crippen molar-refractivity contribution in [3.05, 3.63) is 95.6 Å². The van der Waals surface area contributed by atoms with Gasteiger partial charge in [0.25, 0.3) is 0 Å². The molecule has 0 unspecified atom stereocenters. The predicted molar refractivity (Wildman–Crippen MR) is 129 cm³/mol. The van der Waals surface area contributed by atoms with Crippen LogP contribution in [0.4, 0.5) is 0 Å². The molecule has 0 amide bonds. The quantitative estimate of drug-likeness (QED) is 0.425. The summed E-state index contributed by atoms with van der Waals surface area (Å²) >= 11 is 0. The largest absolute Gasteiger partial charge is 0.497 e. The third-order valence-electron chi connectivity index (χ3n) is 5.66. The number of hydrogen-bond acceptors (Lipinski definition) is 5. The van der Waals surface area contributed by atoms with E-state index in [0.29, 0.717) is 19.6 Å². The number of benzene rings is 3. The van der Waals surface area contributed by atoms with E-state index in [0.717, 1.165) is 28.2 Å². The summed E-state index contributed by atoms with van der Waals surface area (Å²) in [4.78, 5) is 0. The minimum atomic E-state index is -0.686. The van der Waals surface area contributed by atoms with Gasteiger partial charge in [0.15, 0.2) is 0 Å². The molecular weight excluding hydrogens is 400 g/mol. The molecule has 2 atom stereocenters. The zero-order chi connectivity index (χ0) is 23.0. The molecule has 3 rings (SSSR count). The summed E-state index contributed by atoms with van der Waals surface area (Å²) in [5, 5.41) is 14.1. The molecule has 0 aliphatic rings. The highest BCUT2D eigenvalue weighted by molar-refractivity contribution is 5.33. The molecule has 0 bridgehead atoms. The van der Waals surface area contributed by atoms with Gasteiger partial charge in [0.2, 0.25) is 0 Å². The van der Waals surface area contributed by atoms with Gasteiger partial charge in [0.1, 0.15) is 18.1 Å². The van der Waals surface area contributed by atoms with Crippen LogP contribution in [-0.4, -0.2) is 30.9 Å². The number of nitrogens with two attached hydrogens (primary N) is 1. The zero-order valence-electron chi connectivity index (χ0n) is 19.1. The van der Waals surface area contributed by atoms with Crippen molar-refractivity contribution in [3.8, 4) is 11.5 Å². The zero-order valence-corrected chi connectivity index (χ0v) is 19.1. The van der Waals surface area contributed by atoms with Gasteiger partial charge in [-0.2, -0.15) is 0 Å². The Bertz CT molecular complexity index is 975. The Morgan fingerprint density at radius 3 is 2.34 bits per heavy atom. The molecule has 0 radical (unpaired) electrons. The van der Waals surface area contributed by atoms with E-state index in [2.05, 4.69) is 19.2 Å². The van der Waals surface area contributed by atoms with Gasteiger partial charge in [-0.3, -0.25) is 0 Å². The van der Waals surface area contributed by atoms with E-state index in [-0.39, 0.29) is 5.54 Å². The summed E-state index contributed by atoms with van der Waals surface area (Å²) in [5.41, 5.74) is 9.23. The summed E-state index contributed by atoms with van der Waals surface area (Å²) in [5.74, 6) is 1.61. The molecule has 3 aromatic rings. The van der Waals surface area contributed by atoms with Crippen molar-refractivity contribution < 1.29 is 14.6 Å². The van der Waals surface area contributed by atoms with Crippen LogP contribution in [0.1, 0.15) is 30.5 Å². The summed E-state index contributed by atoms with van der Waals surface area (Å²) in [6, 6.07) is 25.5. The molecule has 4 N–H and O–H groups in total. The number of nitrogens with one attached hydrogen (secondary N) is 1. The average Bonchev–Trinajstić information content (AvgIpc) is 2.82. The van der Waals surface area contributed by atoms with Crippen LogP contribution in [0.5, 0.6) is 11.5 Å². The van der Waals surface area contributed by atoms with Crippen LogP contribution in [0.25, 0.3) is 0 Å². The Balaban J connectivity index is 1.53. The van der Waals surface area contributed by atoms with Crippen LogP contribution in [0.2, 0.25) is 0 Å². The lowest BCUT2D eigenvalue weighted by atomic mass is 9.93. The Kier molecular flexibility index (Phi) is 8.28. The molecule has 5 nitrogen and oxygen atoms in total. The first-order valence-electron chi connectivity index (χ1n) is 11.0. The van der Waals surface area contributed by atoms with Crippen LogP contribution in [0, 0.1) is 0 Å². The molecule has 5 heteroatoms. The normalized spacial score (nSPS) is 13.4. The highest BCUT2D eigenvalue weighted by Crippen LogP contribution is 2.24. The molecule has 170 valence electrons. The third-order valence-corrected chi connectivity index (χ3v) is 5.66. The Labute approximate surface area is 191 Å². The van der Waals surface area contributed by atoms with E-state index in [1.54, 1.807) is 7.11 Å². The lowest BCUT2D eigenvalue weighted by molar-refractivity contribution is 0.131. The van der Waals surface area contributed by atoms with Crippen molar-refractivity contribution in [2.45, 2.75) is 44.6 Å². The number of methoxy groups -OCH3 is 1. The first-order chi connectivity index (χ1) is 15.4. The van der Waals surface area contributed by atoms with Crippen molar-refractivity contribution >= 4 is 0 Å². The molecule has 3 aromatic carbocycles. The van der Waals surface area contributed by atoms with Gasteiger partial charge in [-0.25, -0.2) is 0 Å². The molecule has 0 saturated heterocycles. The SMILES string of the molecule is COc1cccc(C(C)(C)NC[C@@H](O)[C@@H](N)Cc2cccc(OCc3ccccc3)c2)c1. The monoisotopic (exact) mass is 434 g/mol. The number of hydrogen-bond donors (Lipinski definition) is 3. The minimum absolute atomic E-state index is 0.333. The second-order valence-electron chi connectivity index (χ2n) is 8.59. The standard InChI is InChI=1S/C27H34N2O3/c1-27(2,22-12-8-13-23(17-22)31-3)29-18-26(30)25(28)16-21-11-7-14-24(15-21)32-19-20-9-5-4-6-10-20/h4-15,17,25-26,29-30H,16,18-19,28H2,1-3H3/t25-,26+/m0/s1. The molecule has 0 aromatic heterocycles. The van der Waals surface area contributed by atoms with E-state index < -0.39 is 12.1 Å². The van der Waals surface area contributed by atoms with Crippen LogP contribution < -0.4 is 20.5 Å². The molecule has 0 aliphatic heterocycles. The predicted octanol–water partition coefficient (Wildman–Crippen LogP) is 4.03. The average molecular weight is 435 g/mol. The van der Waals surface area contributed by atoms with Crippen molar-refractivity contribution in [3.63, 3.8) is 0 Å². The maximum Gasteiger partial charge on any atom is 0.120 e. The van der Waals surface area contributed by atoms with Gasteiger partial charge in [-0.1, -0.05) is 54.6 Å². The topological polar surface area (TPSA) is 76.7 Å². The van der Waals surface area contributed by atoms with Crippen molar-refractivity contribution in [1.82, 2.24) is 5.32 Å². The highest BCUT2D eigenvalue weighted by Gasteiger charge is 2.23. The second kappa shape index (κ2) is 11.1. The molecule has 0 aliphatic carbocycles.